The molecule has 1 aliphatic heterocycles. The normalized spacial score (nSPS) is 15.1. The van der Waals surface area contributed by atoms with Gasteiger partial charge in [-0.05, 0) is 69.0 Å². The number of benzene rings is 1. The number of nitrogens with zero attached hydrogens (tertiary/aromatic N) is 4. The zero-order valence-electron chi connectivity index (χ0n) is 17.6. The number of hydrogen-bond donors (Lipinski definition) is 1. The van der Waals surface area contributed by atoms with E-state index in [1.165, 1.54) is 5.56 Å². The standard InChI is InChI=1S/C23H29N5O/c1-15(2)18-9-8-16(3)21(14-18)29-22-7-5-6-20(25-22)23-17(4)26-27-28(23)19-10-12-24-13-11-19/h5-9,14-15,19,24H,10-13H2,1-4H3. The third kappa shape index (κ3) is 4.17. The second-order valence-electron chi connectivity index (χ2n) is 8.09. The summed E-state index contributed by atoms with van der Waals surface area (Å²) in [4.78, 5) is 4.80. The lowest BCUT2D eigenvalue weighted by Crippen LogP contribution is -2.30. The average Bonchev–Trinajstić information content (AvgIpc) is 3.12. The number of piperidine rings is 1. The van der Waals surface area contributed by atoms with Crippen LogP contribution in [0.15, 0.2) is 36.4 Å². The van der Waals surface area contributed by atoms with E-state index in [1.807, 2.05) is 29.8 Å². The van der Waals surface area contributed by atoms with Gasteiger partial charge >= 0.3 is 0 Å². The number of hydrogen-bond acceptors (Lipinski definition) is 5. The summed E-state index contributed by atoms with van der Waals surface area (Å²) in [6, 6.07) is 12.6. The zero-order chi connectivity index (χ0) is 20.4. The van der Waals surface area contributed by atoms with Gasteiger partial charge in [0.05, 0.1) is 17.4 Å². The van der Waals surface area contributed by atoms with Gasteiger partial charge < -0.3 is 10.1 Å². The molecule has 3 aromatic rings. The first-order valence-electron chi connectivity index (χ1n) is 10.4. The van der Waals surface area contributed by atoms with Crippen molar-refractivity contribution >= 4 is 0 Å². The van der Waals surface area contributed by atoms with E-state index in [9.17, 15) is 0 Å². The summed E-state index contributed by atoms with van der Waals surface area (Å²) in [5.41, 5.74) is 5.08. The van der Waals surface area contributed by atoms with Crippen LogP contribution in [0.1, 0.15) is 55.5 Å². The van der Waals surface area contributed by atoms with Crippen LogP contribution in [-0.2, 0) is 0 Å². The maximum Gasteiger partial charge on any atom is 0.219 e. The fourth-order valence-electron chi connectivity index (χ4n) is 3.78. The Balaban J connectivity index is 1.65. The maximum absolute atomic E-state index is 6.19. The smallest absolute Gasteiger partial charge is 0.219 e. The second-order valence-corrected chi connectivity index (χ2v) is 8.09. The van der Waals surface area contributed by atoms with Crippen LogP contribution in [0.3, 0.4) is 0 Å². The molecule has 0 atom stereocenters. The third-order valence-corrected chi connectivity index (χ3v) is 5.58. The summed E-state index contributed by atoms with van der Waals surface area (Å²) in [5, 5.41) is 12.2. The van der Waals surface area contributed by atoms with Crippen molar-refractivity contribution in [3.05, 3.63) is 53.2 Å². The highest BCUT2D eigenvalue weighted by molar-refractivity contribution is 5.58. The highest BCUT2D eigenvalue weighted by Gasteiger charge is 2.22. The Hall–Kier alpha value is -2.73. The molecule has 0 aliphatic carbocycles. The number of pyridine rings is 1. The first-order chi connectivity index (χ1) is 14.0. The lowest BCUT2D eigenvalue weighted by atomic mass is 10.0. The molecule has 2 aromatic heterocycles. The van der Waals surface area contributed by atoms with Gasteiger partial charge in [0, 0.05) is 6.07 Å². The minimum Gasteiger partial charge on any atom is -0.439 e. The molecule has 0 bridgehead atoms. The van der Waals surface area contributed by atoms with Crippen molar-refractivity contribution in [3.8, 4) is 23.0 Å². The Bertz CT molecular complexity index is 989. The Kier molecular flexibility index (Phi) is 5.62. The van der Waals surface area contributed by atoms with Crippen LogP contribution in [0.2, 0.25) is 0 Å². The van der Waals surface area contributed by atoms with E-state index in [0.29, 0.717) is 17.8 Å². The van der Waals surface area contributed by atoms with E-state index in [1.54, 1.807) is 0 Å². The first kappa shape index (κ1) is 19.6. The van der Waals surface area contributed by atoms with Crippen molar-refractivity contribution < 1.29 is 4.74 Å². The molecule has 6 heteroatoms. The van der Waals surface area contributed by atoms with Crippen molar-refractivity contribution in [2.45, 2.75) is 52.5 Å². The SMILES string of the molecule is Cc1ccc(C(C)C)cc1Oc1cccc(-c2c(C)nnn2C2CCNCC2)n1. The molecule has 0 amide bonds. The van der Waals surface area contributed by atoms with Gasteiger partial charge in [0.2, 0.25) is 5.88 Å². The van der Waals surface area contributed by atoms with E-state index < -0.39 is 0 Å². The van der Waals surface area contributed by atoms with Crippen molar-refractivity contribution in [1.29, 1.82) is 0 Å². The highest BCUT2D eigenvalue weighted by atomic mass is 16.5. The van der Waals surface area contributed by atoms with Crippen LogP contribution in [0.5, 0.6) is 11.6 Å². The quantitative estimate of drug-likeness (QED) is 0.677. The van der Waals surface area contributed by atoms with Gasteiger partial charge in [-0.3, -0.25) is 0 Å². The molecule has 1 aromatic carbocycles. The Morgan fingerprint density at radius 1 is 1.10 bits per heavy atom. The lowest BCUT2D eigenvalue weighted by Gasteiger charge is -2.24. The molecule has 152 valence electrons. The van der Waals surface area contributed by atoms with E-state index in [0.717, 1.165) is 54.3 Å². The largest absolute Gasteiger partial charge is 0.439 e. The zero-order valence-corrected chi connectivity index (χ0v) is 17.6. The van der Waals surface area contributed by atoms with Gasteiger partial charge in [-0.15, -0.1) is 5.10 Å². The van der Waals surface area contributed by atoms with Crippen molar-refractivity contribution in [3.63, 3.8) is 0 Å². The predicted octanol–water partition coefficient (Wildman–Crippen LogP) is 4.80. The van der Waals surface area contributed by atoms with Crippen LogP contribution in [0.4, 0.5) is 0 Å². The first-order valence-corrected chi connectivity index (χ1v) is 10.4. The fraction of sp³-hybridized carbons (Fsp3) is 0.435. The number of aryl methyl sites for hydroxylation is 2. The molecule has 29 heavy (non-hydrogen) atoms. The lowest BCUT2D eigenvalue weighted by molar-refractivity contribution is 0.340. The molecular formula is C23H29N5O. The Labute approximate surface area is 172 Å². The van der Waals surface area contributed by atoms with E-state index in [4.69, 9.17) is 9.72 Å². The number of aromatic nitrogens is 4. The molecule has 0 spiro atoms. The molecular weight excluding hydrogens is 362 g/mol. The summed E-state index contributed by atoms with van der Waals surface area (Å²) in [5.74, 6) is 1.89. The van der Waals surface area contributed by atoms with E-state index in [2.05, 4.69) is 54.6 Å². The monoisotopic (exact) mass is 391 g/mol. The van der Waals surface area contributed by atoms with E-state index in [-0.39, 0.29) is 0 Å². The third-order valence-electron chi connectivity index (χ3n) is 5.58. The number of rotatable bonds is 5. The molecule has 0 radical (unpaired) electrons. The van der Waals surface area contributed by atoms with Gasteiger partial charge in [0.15, 0.2) is 0 Å². The van der Waals surface area contributed by atoms with Crippen molar-refractivity contribution in [2.24, 2.45) is 0 Å². The van der Waals surface area contributed by atoms with Crippen molar-refractivity contribution in [1.82, 2.24) is 25.3 Å². The van der Waals surface area contributed by atoms with Crippen LogP contribution in [0.25, 0.3) is 11.4 Å². The van der Waals surface area contributed by atoms with Crippen LogP contribution < -0.4 is 10.1 Å². The van der Waals surface area contributed by atoms with Crippen LogP contribution >= 0.6 is 0 Å². The topological polar surface area (TPSA) is 64.9 Å². The summed E-state index contributed by atoms with van der Waals surface area (Å²) in [6.07, 6.45) is 2.10. The van der Waals surface area contributed by atoms with Gasteiger partial charge in [-0.25, -0.2) is 9.67 Å². The molecule has 0 unspecified atom stereocenters. The number of nitrogens with one attached hydrogen (secondary N) is 1. The molecule has 1 fully saturated rings. The predicted molar refractivity (Wildman–Crippen MR) is 114 cm³/mol. The highest BCUT2D eigenvalue weighted by Crippen LogP contribution is 2.31. The molecule has 1 aliphatic rings. The second kappa shape index (κ2) is 8.33. The molecule has 1 N–H and O–H groups in total. The average molecular weight is 392 g/mol. The summed E-state index contributed by atoms with van der Waals surface area (Å²) in [6.45, 7) is 10.4. The maximum atomic E-state index is 6.19. The van der Waals surface area contributed by atoms with Gasteiger partial charge in [0.25, 0.3) is 0 Å². The molecule has 3 heterocycles. The summed E-state index contributed by atoms with van der Waals surface area (Å²) < 4.78 is 8.24. The van der Waals surface area contributed by atoms with E-state index >= 15 is 0 Å². The fourth-order valence-corrected chi connectivity index (χ4v) is 3.78. The molecule has 1 saturated heterocycles. The van der Waals surface area contributed by atoms with Gasteiger partial charge in [-0.1, -0.05) is 37.3 Å². The molecule has 6 nitrogen and oxygen atoms in total. The molecule has 4 rings (SSSR count). The number of ether oxygens (including phenoxy) is 1. The van der Waals surface area contributed by atoms with Crippen LogP contribution in [-0.4, -0.2) is 33.1 Å². The minimum absolute atomic E-state index is 0.351. The van der Waals surface area contributed by atoms with Gasteiger partial charge in [0.1, 0.15) is 11.4 Å². The Morgan fingerprint density at radius 2 is 1.90 bits per heavy atom. The molecule has 0 saturated carbocycles. The summed E-state index contributed by atoms with van der Waals surface area (Å²) >= 11 is 0. The van der Waals surface area contributed by atoms with Crippen LogP contribution in [0, 0.1) is 13.8 Å². The Morgan fingerprint density at radius 3 is 2.66 bits per heavy atom. The minimum atomic E-state index is 0.351. The van der Waals surface area contributed by atoms with Gasteiger partial charge in [-0.2, -0.15) is 0 Å². The van der Waals surface area contributed by atoms with Crippen molar-refractivity contribution in [2.75, 3.05) is 13.1 Å². The summed E-state index contributed by atoms with van der Waals surface area (Å²) in [7, 11) is 0.